The standard InChI is InChI=1S/C19H15BrN2O5/c20-13-7-3-1-5-11(13)10-22-14-8-4-2-6-12(14)17(25)16(19(22)27)18(26)21-9-15(23)24/h1-8,25H,9-10H2,(H,21,26)(H,23,24). The number of aromatic nitrogens is 1. The Morgan fingerprint density at radius 2 is 1.74 bits per heavy atom. The number of carbonyl (C=O) groups excluding carboxylic acids is 1. The minimum absolute atomic E-state index is 0.167. The third kappa shape index (κ3) is 3.70. The minimum Gasteiger partial charge on any atom is -0.506 e. The summed E-state index contributed by atoms with van der Waals surface area (Å²) in [4.78, 5) is 36.0. The van der Waals surface area contributed by atoms with Crippen molar-refractivity contribution in [1.29, 1.82) is 0 Å². The van der Waals surface area contributed by atoms with Crippen molar-refractivity contribution in [3.8, 4) is 5.75 Å². The van der Waals surface area contributed by atoms with Crippen LogP contribution in [0, 0.1) is 0 Å². The number of aliphatic carboxylic acids is 1. The number of hydrogen-bond donors (Lipinski definition) is 3. The number of carbonyl (C=O) groups is 2. The molecule has 2 aromatic carbocycles. The second-order valence-corrected chi connectivity index (χ2v) is 6.65. The number of para-hydroxylation sites is 1. The lowest BCUT2D eigenvalue weighted by molar-refractivity contribution is -0.135. The third-order valence-corrected chi connectivity index (χ3v) is 4.83. The van der Waals surface area contributed by atoms with Crippen molar-refractivity contribution in [3.05, 3.63) is 74.5 Å². The maximum absolute atomic E-state index is 13.0. The first-order chi connectivity index (χ1) is 12.9. The van der Waals surface area contributed by atoms with Crippen molar-refractivity contribution < 1.29 is 19.8 Å². The Morgan fingerprint density at radius 3 is 2.44 bits per heavy atom. The van der Waals surface area contributed by atoms with Gasteiger partial charge in [0.15, 0.2) is 0 Å². The molecule has 138 valence electrons. The van der Waals surface area contributed by atoms with Crippen LogP contribution in [-0.2, 0) is 11.3 Å². The van der Waals surface area contributed by atoms with Crippen molar-refractivity contribution in [2.75, 3.05) is 6.54 Å². The van der Waals surface area contributed by atoms with E-state index in [0.29, 0.717) is 10.9 Å². The van der Waals surface area contributed by atoms with Crippen LogP contribution in [0.4, 0.5) is 0 Å². The Kier molecular flexibility index (Phi) is 5.27. The maximum Gasteiger partial charge on any atom is 0.322 e. The van der Waals surface area contributed by atoms with E-state index in [1.165, 1.54) is 4.57 Å². The van der Waals surface area contributed by atoms with Crippen LogP contribution in [0.1, 0.15) is 15.9 Å². The van der Waals surface area contributed by atoms with Gasteiger partial charge in [-0.2, -0.15) is 0 Å². The lowest BCUT2D eigenvalue weighted by atomic mass is 10.1. The van der Waals surface area contributed by atoms with E-state index in [2.05, 4.69) is 21.2 Å². The topological polar surface area (TPSA) is 109 Å². The molecule has 0 aliphatic rings. The Hall–Kier alpha value is -3.13. The highest BCUT2D eigenvalue weighted by molar-refractivity contribution is 9.10. The Labute approximate surface area is 162 Å². The largest absolute Gasteiger partial charge is 0.506 e. The highest BCUT2D eigenvalue weighted by Crippen LogP contribution is 2.27. The molecule has 7 nitrogen and oxygen atoms in total. The molecule has 0 fully saturated rings. The van der Waals surface area contributed by atoms with Crippen molar-refractivity contribution in [1.82, 2.24) is 9.88 Å². The van der Waals surface area contributed by atoms with Gasteiger partial charge in [-0.3, -0.25) is 14.4 Å². The van der Waals surface area contributed by atoms with Gasteiger partial charge < -0.3 is 20.1 Å². The predicted octanol–water partition coefficient (Wildman–Crippen LogP) is 2.33. The van der Waals surface area contributed by atoms with Gasteiger partial charge in [-0.25, -0.2) is 0 Å². The summed E-state index contributed by atoms with van der Waals surface area (Å²) in [7, 11) is 0. The highest BCUT2D eigenvalue weighted by Gasteiger charge is 2.22. The van der Waals surface area contributed by atoms with Crippen molar-refractivity contribution in [3.63, 3.8) is 0 Å². The van der Waals surface area contributed by atoms with Crippen LogP contribution in [0.5, 0.6) is 5.75 Å². The first-order valence-electron chi connectivity index (χ1n) is 7.98. The molecule has 0 radical (unpaired) electrons. The summed E-state index contributed by atoms with van der Waals surface area (Å²) in [5.41, 5.74) is 0.0877. The number of aromatic hydroxyl groups is 1. The van der Waals surface area contributed by atoms with Crippen LogP contribution >= 0.6 is 15.9 Å². The molecule has 3 aromatic rings. The number of benzene rings is 2. The molecule has 0 aliphatic carbocycles. The number of amides is 1. The van der Waals surface area contributed by atoms with Crippen LogP contribution in [0.15, 0.2) is 57.8 Å². The monoisotopic (exact) mass is 430 g/mol. The maximum atomic E-state index is 13.0. The summed E-state index contributed by atoms with van der Waals surface area (Å²) < 4.78 is 2.18. The molecule has 0 unspecified atom stereocenters. The summed E-state index contributed by atoms with van der Waals surface area (Å²) in [6.45, 7) is -0.491. The molecule has 0 spiro atoms. The van der Waals surface area contributed by atoms with Crippen LogP contribution in [0.25, 0.3) is 10.9 Å². The van der Waals surface area contributed by atoms with Gasteiger partial charge in [0.1, 0.15) is 17.9 Å². The highest BCUT2D eigenvalue weighted by atomic mass is 79.9. The number of nitrogens with zero attached hydrogens (tertiary/aromatic N) is 1. The van der Waals surface area contributed by atoms with E-state index < -0.39 is 35.3 Å². The zero-order valence-corrected chi connectivity index (χ0v) is 15.6. The first kappa shape index (κ1) is 18.7. The smallest absolute Gasteiger partial charge is 0.322 e. The molecular weight excluding hydrogens is 416 g/mol. The van der Waals surface area contributed by atoms with Gasteiger partial charge in [0.2, 0.25) is 0 Å². The molecule has 1 heterocycles. The molecule has 0 saturated carbocycles. The molecule has 1 aromatic heterocycles. The van der Waals surface area contributed by atoms with Crippen molar-refractivity contribution in [2.45, 2.75) is 6.54 Å². The Bertz CT molecular complexity index is 1110. The second-order valence-electron chi connectivity index (χ2n) is 5.80. The van der Waals surface area contributed by atoms with E-state index in [4.69, 9.17) is 5.11 Å². The fourth-order valence-corrected chi connectivity index (χ4v) is 3.20. The number of nitrogens with one attached hydrogen (secondary N) is 1. The quantitative estimate of drug-likeness (QED) is 0.575. The summed E-state index contributed by atoms with van der Waals surface area (Å²) >= 11 is 3.44. The SMILES string of the molecule is O=C(O)CNC(=O)c1c(O)c2ccccc2n(Cc2ccccc2Br)c1=O. The zero-order valence-electron chi connectivity index (χ0n) is 14.0. The lowest BCUT2D eigenvalue weighted by Gasteiger charge is -2.15. The number of pyridine rings is 1. The van der Waals surface area contributed by atoms with Gasteiger partial charge in [-0.15, -0.1) is 0 Å². The number of halogens is 1. The Morgan fingerprint density at radius 1 is 1.07 bits per heavy atom. The lowest BCUT2D eigenvalue weighted by Crippen LogP contribution is -2.36. The van der Waals surface area contributed by atoms with Gasteiger partial charge in [0, 0.05) is 9.86 Å². The molecule has 1 amide bonds. The molecule has 3 N–H and O–H groups in total. The third-order valence-electron chi connectivity index (χ3n) is 4.06. The van der Waals surface area contributed by atoms with Gasteiger partial charge >= 0.3 is 5.97 Å². The summed E-state index contributed by atoms with van der Waals surface area (Å²) in [5.74, 6) is -2.66. The zero-order chi connectivity index (χ0) is 19.6. The number of rotatable bonds is 5. The fourth-order valence-electron chi connectivity index (χ4n) is 2.79. The number of hydrogen-bond acceptors (Lipinski definition) is 4. The molecule has 0 saturated heterocycles. The van der Waals surface area contributed by atoms with Crippen LogP contribution in [-0.4, -0.2) is 33.2 Å². The Balaban J connectivity index is 2.20. The van der Waals surface area contributed by atoms with E-state index in [1.54, 1.807) is 24.3 Å². The molecule has 0 bridgehead atoms. The van der Waals surface area contributed by atoms with Gasteiger partial charge in [-0.1, -0.05) is 46.3 Å². The van der Waals surface area contributed by atoms with Gasteiger partial charge in [-0.05, 0) is 23.8 Å². The average Bonchev–Trinajstić information content (AvgIpc) is 2.65. The van der Waals surface area contributed by atoms with E-state index in [1.807, 2.05) is 24.3 Å². The predicted molar refractivity (Wildman–Crippen MR) is 103 cm³/mol. The fraction of sp³-hybridized carbons (Fsp3) is 0.105. The summed E-state index contributed by atoms with van der Waals surface area (Å²) in [5, 5.41) is 21.7. The van der Waals surface area contributed by atoms with Gasteiger partial charge in [0.05, 0.1) is 12.1 Å². The van der Waals surface area contributed by atoms with E-state index in [-0.39, 0.29) is 6.54 Å². The van der Waals surface area contributed by atoms with Crippen molar-refractivity contribution in [2.24, 2.45) is 0 Å². The van der Waals surface area contributed by atoms with Crippen LogP contribution in [0.3, 0.4) is 0 Å². The molecule has 27 heavy (non-hydrogen) atoms. The molecule has 0 atom stereocenters. The molecular formula is C19H15BrN2O5. The summed E-state index contributed by atoms with van der Waals surface area (Å²) in [6.07, 6.45) is 0. The normalized spacial score (nSPS) is 10.7. The summed E-state index contributed by atoms with van der Waals surface area (Å²) in [6, 6.07) is 14.0. The molecule has 8 heteroatoms. The minimum atomic E-state index is -1.25. The average molecular weight is 431 g/mol. The van der Waals surface area contributed by atoms with E-state index >= 15 is 0 Å². The first-order valence-corrected chi connectivity index (χ1v) is 8.77. The van der Waals surface area contributed by atoms with E-state index in [0.717, 1.165) is 10.0 Å². The van der Waals surface area contributed by atoms with Crippen molar-refractivity contribution >= 4 is 38.7 Å². The number of fused-ring (bicyclic) bond motifs is 1. The number of carboxylic acid groups (broad SMARTS) is 1. The van der Waals surface area contributed by atoms with Gasteiger partial charge in [0.25, 0.3) is 11.5 Å². The van der Waals surface area contributed by atoms with Crippen LogP contribution < -0.4 is 10.9 Å². The molecule has 3 rings (SSSR count). The molecule has 0 aliphatic heterocycles. The van der Waals surface area contributed by atoms with E-state index in [9.17, 15) is 19.5 Å². The number of carboxylic acids is 1. The second kappa shape index (κ2) is 7.63. The van der Waals surface area contributed by atoms with Crippen LogP contribution in [0.2, 0.25) is 0 Å².